The first-order chi connectivity index (χ1) is 15.6. The van der Waals surface area contributed by atoms with E-state index >= 15 is 0 Å². The summed E-state index contributed by atoms with van der Waals surface area (Å²) in [6.07, 6.45) is 2.65. The SMILES string of the molecule is CC1=C(C(=O)Nc2cc(C)ccn2)[C@H](c2ccc([N+](=O)[O-])cc2)C2=C(CC(C)(C)CC2=O)N1. The standard InChI is InChI=1S/C25H26N4O4/c1-14-9-10-26-20(11-14)28-24(31)21-15(2)27-18-12-25(3,4)13-19(30)23(18)22(21)16-5-7-17(8-6-16)29(32)33/h5-11,22,27H,12-13H2,1-4H3,(H,26,28,31)/t22-/m0/s1. The van der Waals surface area contributed by atoms with Crippen LogP contribution in [0.1, 0.15) is 50.7 Å². The number of nitrogens with one attached hydrogen (secondary N) is 2. The smallest absolute Gasteiger partial charge is 0.269 e. The number of nitrogens with zero attached hydrogens (tertiary/aromatic N) is 2. The molecule has 8 nitrogen and oxygen atoms in total. The Hall–Kier alpha value is -3.81. The molecule has 1 amide bonds. The van der Waals surface area contributed by atoms with Crippen molar-refractivity contribution in [2.24, 2.45) is 5.41 Å². The number of ketones is 1. The lowest BCUT2D eigenvalue weighted by Gasteiger charge is -2.39. The number of benzene rings is 1. The fourth-order valence-electron chi connectivity index (χ4n) is 4.65. The number of aryl methyl sites for hydroxylation is 1. The summed E-state index contributed by atoms with van der Waals surface area (Å²) >= 11 is 0. The lowest BCUT2D eigenvalue weighted by Crippen LogP contribution is -2.39. The highest BCUT2D eigenvalue weighted by Gasteiger charge is 2.42. The van der Waals surface area contributed by atoms with Crippen molar-refractivity contribution >= 4 is 23.2 Å². The number of hydrogen-bond acceptors (Lipinski definition) is 6. The summed E-state index contributed by atoms with van der Waals surface area (Å²) in [5, 5.41) is 17.3. The van der Waals surface area contributed by atoms with Crippen LogP contribution in [0.4, 0.5) is 11.5 Å². The number of carbonyl (C=O) groups is 2. The second kappa shape index (κ2) is 8.27. The van der Waals surface area contributed by atoms with Gasteiger partial charge in [-0.2, -0.15) is 0 Å². The van der Waals surface area contributed by atoms with Crippen molar-refractivity contribution in [3.63, 3.8) is 0 Å². The normalized spacial score (nSPS) is 19.6. The molecular formula is C25H26N4O4. The summed E-state index contributed by atoms with van der Waals surface area (Å²) in [6.45, 7) is 7.81. The average molecular weight is 447 g/mol. The van der Waals surface area contributed by atoms with E-state index in [2.05, 4.69) is 15.6 Å². The molecule has 1 aliphatic heterocycles. The summed E-state index contributed by atoms with van der Waals surface area (Å²) in [5.74, 6) is -0.608. The summed E-state index contributed by atoms with van der Waals surface area (Å²) in [7, 11) is 0. The molecule has 0 saturated heterocycles. The number of non-ortho nitro benzene ring substituents is 1. The van der Waals surface area contributed by atoms with Crippen LogP contribution in [-0.2, 0) is 9.59 Å². The first-order valence-corrected chi connectivity index (χ1v) is 10.8. The fourth-order valence-corrected chi connectivity index (χ4v) is 4.65. The first kappa shape index (κ1) is 22.4. The van der Waals surface area contributed by atoms with Crippen molar-refractivity contribution in [3.8, 4) is 0 Å². The summed E-state index contributed by atoms with van der Waals surface area (Å²) in [5.41, 5.74) is 3.77. The molecule has 1 atom stereocenters. The Morgan fingerprint density at radius 3 is 2.52 bits per heavy atom. The van der Waals surface area contributed by atoms with Gasteiger partial charge in [-0.15, -0.1) is 0 Å². The number of aromatic nitrogens is 1. The number of amides is 1. The van der Waals surface area contributed by atoms with Crippen LogP contribution in [0, 0.1) is 22.5 Å². The molecule has 1 aliphatic carbocycles. The Balaban J connectivity index is 1.81. The molecule has 0 fully saturated rings. The van der Waals surface area contributed by atoms with Crippen molar-refractivity contribution in [3.05, 3.63) is 86.4 Å². The zero-order valence-corrected chi connectivity index (χ0v) is 19.1. The van der Waals surface area contributed by atoms with Gasteiger partial charge in [-0.1, -0.05) is 26.0 Å². The number of hydrogen-bond donors (Lipinski definition) is 2. The van der Waals surface area contributed by atoms with E-state index < -0.39 is 10.8 Å². The maximum atomic E-state index is 13.5. The third-order valence-electron chi connectivity index (χ3n) is 6.08. The van der Waals surface area contributed by atoms with Crippen molar-refractivity contribution < 1.29 is 14.5 Å². The highest BCUT2D eigenvalue weighted by atomic mass is 16.6. The Kier molecular flexibility index (Phi) is 5.61. The van der Waals surface area contributed by atoms with Gasteiger partial charge in [0.25, 0.3) is 11.6 Å². The van der Waals surface area contributed by atoms with E-state index in [1.54, 1.807) is 24.4 Å². The quantitative estimate of drug-likeness (QED) is 0.526. The van der Waals surface area contributed by atoms with Gasteiger partial charge in [-0.3, -0.25) is 19.7 Å². The van der Waals surface area contributed by atoms with Crippen LogP contribution in [0.25, 0.3) is 0 Å². The molecule has 0 spiro atoms. The maximum Gasteiger partial charge on any atom is 0.269 e. The van der Waals surface area contributed by atoms with Crippen LogP contribution < -0.4 is 10.6 Å². The lowest BCUT2D eigenvalue weighted by atomic mass is 9.68. The third-order valence-corrected chi connectivity index (χ3v) is 6.08. The average Bonchev–Trinajstić information content (AvgIpc) is 2.71. The number of pyridine rings is 1. The zero-order chi connectivity index (χ0) is 23.9. The molecule has 170 valence electrons. The van der Waals surface area contributed by atoms with E-state index in [0.717, 1.165) is 11.3 Å². The monoisotopic (exact) mass is 446 g/mol. The van der Waals surface area contributed by atoms with Gasteiger partial charge < -0.3 is 10.6 Å². The Morgan fingerprint density at radius 2 is 1.88 bits per heavy atom. The molecule has 1 aromatic heterocycles. The van der Waals surface area contributed by atoms with Gasteiger partial charge in [0.05, 0.1) is 4.92 Å². The van der Waals surface area contributed by atoms with Gasteiger partial charge in [0, 0.05) is 53.2 Å². The third kappa shape index (κ3) is 4.41. The largest absolute Gasteiger partial charge is 0.362 e. The minimum absolute atomic E-state index is 0.0245. The molecule has 2 aliphatic rings. The van der Waals surface area contributed by atoms with E-state index in [9.17, 15) is 19.7 Å². The van der Waals surface area contributed by atoms with Gasteiger partial charge in [0.15, 0.2) is 5.78 Å². The maximum absolute atomic E-state index is 13.5. The molecule has 4 rings (SSSR count). The molecule has 8 heteroatoms. The zero-order valence-electron chi connectivity index (χ0n) is 19.1. The number of nitro benzene ring substituents is 1. The van der Waals surface area contributed by atoms with Crippen molar-refractivity contribution in [1.29, 1.82) is 0 Å². The topological polar surface area (TPSA) is 114 Å². The van der Waals surface area contributed by atoms with Gasteiger partial charge >= 0.3 is 0 Å². The van der Waals surface area contributed by atoms with E-state index in [1.165, 1.54) is 12.1 Å². The van der Waals surface area contributed by atoms with Crippen LogP contribution >= 0.6 is 0 Å². The molecule has 0 unspecified atom stereocenters. The minimum atomic E-state index is -0.629. The summed E-state index contributed by atoms with van der Waals surface area (Å²) in [6, 6.07) is 9.66. The Labute approximate surface area is 192 Å². The summed E-state index contributed by atoms with van der Waals surface area (Å²) < 4.78 is 0. The molecule has 1 aromatic carbocycles. The van der Waals surface area contributed by atoms with Crippen molar-refractivity contribution in [2.75, 3.05) is 5.32 Å². The van der Waals surface area contributed by atoms with Crippen molar-refractivity contribution in [2.45, 2.75) is 46.5 Å². The van der Waals surface area contributed by atoms with Crippen LogP contribution in [-0.4, -0.2) is 21.6 Å². The molecule has 2 heterocycles. The molecule has 0 bridgehead atoms. The number of nitro groups is 1. The van der Waals surface area contributed by atoms with E-state index in [1.807, 2.05) is 33.8 Å². The molecular weight excluding hydrogens is 420 g/mol. The first-order valence-electron chi connectivity index (χ1n) is 10.8. The molecule has 0 saturated carbocycles. The van der Waals surface area contributed by atoms with Gasteiger partial charge in [0.1, 0.15) is 5.82 Å². The second-order valence-electron chi connectivity index (χ2n) is 9.45. The fraction of sp³-hybridized carbons (Fsp3) is 0.320. The number of dihydropyridines is 1. The number of Topliss-reactive ketones (excluding diaryl/α,β-unsaturated/α-hetero) is 1. The van der Waals surface area contributed by atoms with Crippen LogP contribution in [0.5, 0.6) is 0 Å². The van der Waals surface area contributed by atoms with E-state index in [4.69, 9.17) is 0 Å². The highest BCUT2D eigenvalue weighted by Crippen LogP contribution is 2.46. The van der Waals surface area contributed by atoms with E-state index in [-0.39, 0.29) is 22.8 Å². The highest BCUT2D eigenvalue weighted by molar-refractivity contribution is 6.09. The number of rotatable bonds is 4. The predicted octanol–water partition coefficient (Wildman–Crippen LogP) is 4.54. The molecule has 33 heavy (non-hydrogen) atoms. The number of carbonyl (C=O) groups excluding carboxylic acids is 2. The Morgan fingerprint density at radius 1 is 1.18 bits per heavy atom. The van der Waals surface area contributed by atoms with Crippen LogP contribution in [0.3, 0.4) is 0 Å². The molecule has 2 aromatic rings. The Bertz CT molecular complexity index is 1230. The van der Waals surface area contributed by atoms with E-state index in [0.29, 0.717) is 41.1 Å². The lowest BCUT2D eigenvalue weighted by molar-refractivity contribution is -0.384. The number of anilines is 1. The van der Waals surface area contributed by atoms with Gasteiger partial charge in [-0.05, 0) is 48.9 Å². The van der Waals surface area contributed by atoms with Crippen LogP contribution in [0.2, 0.25) is 0 Å². The van der Waals surface area contributed by atoms with Gasteiger partial charge in [0.2, 0.25) is 0 Å². The predicted molar refractivity (Wildman–Crippen MR) is 124 cm³/mol. The molecule has 2 N–H and O–H groups in total. The van der Waals surface area contributed by atoms with Gasteiger partial charge in [-0.25, -0.2) is 4.98 Å². The molecule has 0 radical (unpaired) electrons. The van der Waals surface area contributed by atoms with Crippen LogP contribution in [0.15, 0.2) is 65.1 Å². The second-order valence-corrected chi connectivity index (χ2v) is 9.45. The minimum Gasteiger partial charge on any atom is -0.362 e. The van der Waals surface area contributed by atoms with Crippen molar-refractivity contribution in [1.82, 2.24) is 10.3 Å². The number of allylic oxidation sites excluding steroid dienone is 3. The summed E-state index contributed by atoms with van der Waals surface area (Å²) in [4.78, 5) is 41.7.